The fraction of sp³-hybridized carbons (Fsp3) is 0.583. The standard InChI is InChI=1S/C24H31N7O6/c32-29(33)19-15-20(30(34)35)23-24(31(36)37-25-23)22(19)21-17(27-9-3-4-10-27)13-16(26-7-1-2-8-26)14-18(21)28-11-5-6-12-28/h13-15,21-22,25H,1-12H2,(H,34,35)/q+2. The van der Waals surface area contributed by atoms with Crippen molar-refractivity contribution >= 4 is 11.4 Å². The molecule has 13 nitrogen and oxygen atoms in total. The average Bonchev–Trinajstić information content (AvgIpc) is 3.70. The van der Waals surface area contributed by atoms with Crippen LogP contribution in [0.3, 0.4) is 0 Å². The molecule has 0 aromatic carbocycles. The molecule has 6 rings (SSSR count). The molecule has 37 heavy (non-hydrogen) atoms. The minimum atomic E-state index is -1.03. The molecule has 2 N–H and O–H groups in total. The normalized spacial score (nSPS) is 27.3. The molecular formula is C24H31N7O6+2. The maximum atomic E-state index is 13.0. The molecule has 1 unspecified atom stereocenters. The molecule has 5 aliphatic rings. The van der Waals surface area contributed by atoms with E-state index >= 15 is 0 Å². The van der Waals surface area contributed by atoms with Crippen LogP contribution in [0.4, 0.5) is 0 Å². The molecule has 3 saturated heterocycles. The van der Waals surface area contributed by atoms with Gasteiger partial charge in [-0.1, -0.05) is 9.79 Å². The van der Waals surface area contributed by atoms with Crippen molar-refractivity contribution in [1.29, 1.82) is 0 Å². The lowest BCUT2D eigenvalue weighted by molar-refractivity contribution is -0.726. The second kappa shape index (κ2) is 9.20. The summed E-state index contributed by atoms with van der Waals surface area (Å²) in [6, 6.07) is 0. The number of hydrogen-bond donors (Lipinski definition) is 2. The zero-order chi connectivity index (χ0) is 25.7. The third-order valence-corrected chi connectivity index (χ3v) is 8.23. The molecule has 3 aliphatic heterocycles. The van der Waals surface area contributed by atoms with Gasteiger partial charge in [0.05, 0.1) is 16.9 Å². The highest BCUT2D eigenvalue weighted by molar-refractivity contribution is 6.06. The summed E-state index contributed by atoms with van der Waals surface area (Å²) in [5.41, 5.74) is 2.09. The molecule has 3 fully saturated rings. The molecule has 1 atom stereocenters. The maximum absolute atomic E-state index is 13.0. The van der Waals surface area contributed by atoms with E-state index < -0.39 is 27.4 Å². The summed E-state index contributed by atoms with van der Waals surface area (Å²) in [5.74, 6) is -1.57. The largest absolute Gasteiger partial charge is 0.417 e. The molecule has 13 heteroatoms. The number of aromatic nitrogens is 2. The van der Waals surface area contributed by atoms with Crippen molar-refractivity contribution in [3.63, 3.8) is 0 Å². The Bertz CT molecular complexity index is 1290. The first-order valence-electron chi connectivity index (χ1n) is 13.0. The molecule has 0 bridgehead atoms. The average molecular weight is 514 g/mol. The second-order valence-corrected chi connectivity index (χ2v) is 10.3. The Balaban J connectivity index is 1.60. The first kappa shape index (κ1) is 23.5. The molecule has 0 radical (unpaired) electrons. The van der Waals surface area contributed by atoms with Gasteiger partial charge in [-0.3, -0.25) is 15.3 Å². The van der Waals surface area contributed by atoms with Gasteiger partial charge in [0.2, 0.25) is 5.71 Å². The molecule has 0 saturated carbocycles. The Hall–Kier alpha value is -3.90. The van der Waals surface area contributed by atoms with Crippen LogP contribution in [0.2, 0.25) is 0 Å². The van der Waals surface area contributed by atoms with Crippen LogP contribution in [0.25, 0.3) is 0 Å². The number of H-pyrrole nitrogens is 1. The van der Waals surface area contributed by atoms with Gasteiger partial charge in [-0.05, 0) is 30.6 Å². The second-order valence-electron chi connectivity index (χ2n) is 10.3. The van der Waals surface area contributed by atoms with Crippen molar-refractivity contribution in [2.75, 3.05) is 39.3 Å². The molecule has 0 amide bonds. The molecule has 4 heterocycles. The van der Waals surface area contributed by atoms with Crippen LogP contribution in [-0.2, 0) is 0 Å². The minimum absolute atomic E-state index is 0.0565. The van der Waals surface area contributed by atoms with Crippen LogP contribution in [0.15, 0.2) is 39.9 Å². The van der Waals surface area contributed by atoms with Crippen LogP contribution in [-0.4, -0.2) is 85.3 Å². The minimum Gasteiger partial charge on any atom is -0.417 e. The van der Waals surface area contributed by atoms with Gasteiger partial charge >= 0.3 is 5.71 Å². The van der Waals surface area contributed by atoms with E-state index in [2.05, 4.69) is 31.7 Å². The van der Waals surface area contributed by atoms with Gasteiger partial charge in [0.25, 0.3) is 17.1 Å². The number of rotatable bonds is 4. The summed E-state index contributed by atoms with van der Waals surface area (Å²) >= 11 is 0. The van der Waals surface area contributed by atoms with E-state index in [1.807, 2.05) is 0 Å². The number of nitrogens with zero attached hydrogens (tertiary/aromatic N) is 6. The number of aromatic amines is 1. The summed E-state index contributed by atoms with van der Waals surface area (Å²) in [5, 5.41) is 36.4. The van der Waals surface area contributed by atoms with E-state index in [1.165, 1.54) is 0 Å². The van der Waals surface area contributed by atoms with Crippen LogP contribution in [0, 0.1) is 26.1 Å². The Morgan fingerprint density at radius 2 is 1.49 bits per heavy atom. The number of nitrogens with one attached hydrogen (secondary N) is 1. The molecule has 1 aromatic heterocycles. The van der Waals surface area contributed by atoms with Crippen molar-refractivity contribution in [1.82, 2.24) is 15.0 Å². The predicted molar refractivity (Wildman–Crippen MR) is 129 cm³/mol. The quantitative estimate of drug-likeness (QED) is 0.201. The van der Waals surface area contributed by atoms with E-state index in [4.69, 9.17) is 4.63 Å². The van der Waals surface area contributed by atoms with Crippen LogP contribution in [0.1, 0.15) is 55.8 Å². The van der Waals surface area contributed by atoms with Gasteiger partial charge in [-0.15, -0.1) is 0 Å². The third-order valence-electron chi connectivity index (χ3n) is 8.23. The lowest BCUT2D eigenvalue weighted by Crippen LogP contribution is -2.43. The van der Waals surface area contributed by atoms with Gasteiger partial charge in [-0.25, -0.2) is 4.58 Å². The van der Waals surface area contributed by atoms with Gasteiger partial charge in [-0.2, -0.15) is 0 Å². The topological polar surface area (TPSA) is 151 Å². The fourth-order valence-corrected chi connectivity index (χ4v) is 6.52. The monoisotopic (exact) mass is 513 g/mol. The molecule has 1 aromatic rings. The van der Waals surface area contributed by atoms with Crippen LogP contribution < -0.4 is 4.60 Å². The predicted octanol–water partition coefficient (Wildman–Crippen LogP) is 1.31. The first-order valence-corrected chi connectivity index (χ1v) is 13.0. The van der Waals surface area contributed by atoms with Crippen LogP contribution in [0.5, 0.6) is 0 Å². The van der Waals surface area contributed by atoms with Crippen molar-refractivity contribution in [2.45, 2.75) is 44.4 Å². The van der Waals surface area contributed by atoms with E-state index in [9.17, 15) is 25.4 Å². The smallest absolute Gasteiger partial charge is 0.328 e. The summed E-state index contributed by atoms with van der Waals surface area (Å²) < 4.78 is 7.54. The molecule has 0 spiro atoms. The highest BCUT2D eigenvalue weighted by Crippen LogP contribution is 2.47. The SMILES string of the molecule is O=[N+]([O-])C1=C/C(=[N+](\[O-])O)c2[nH]o[n+](=O)c2C1C1C(N2CCCC2)=CC(=[N+]2CCCC2)C=C1N1CCCC1. The van der Waals surface area contributed by atoms with Gasteiger partial charge < -0.3 is 15.0 Å². The molecular weight excluding hydrogens is 482 g/mol. The van der Waals surface area contributed by atoms with Crippen molar-refractivity contribution in [2.24, 2.45) is 5.92 Å². The zero-order valence-electron chi connectivity index (χ0n) is 20.5. The lowest BCUT2D eigenvalue weighted by atomic mass is 9.75. The van der Waals surface area contributed by atoms with E-state index in [-0.39, 0.29) is 21.7 Å². The van der Waals surface area contributed by atoms with E-state index in [0.29, 0.717) is 0 Å². The third kappa shape index (κ3) is 3.92. The number of nitro groups is 1. The summed E-state index contributed by atoms with van der Waals surface area (Å²) in [7, 11) is 0. The van der Waals surface area contributed by atoms with Crippen molar-refractivity contribution in [3.8, 4) is 0 Å². The van der Waals surface area contributed by atoms with E-state index in [0.717, 1.165) is 101 Å². The summed E-state index contributed by atoms with van der Waals surface area (Å²) in [6.07, 6.45) is 11.7. The van der Waals surface area contributed by atoms with Crippen LogP contribution >= 0.6 is 0 Å². The Labute approximate surface area is 212 Å². The van der Waals surface area contributed by atoms with Crippen molar-refractivity contribution < 1.29 is 28.8 Å². The fourth-order valence-electron chi connectivity index (χ4n) is 6.52. The summed E-state index contributed by atoms with van der Waals surface area (Å²) in [6.45, 7) is 5.25. The highest BCUT2D eigenvalue weighted by Gasteiger charge is 2.55. The molecule has 196 valence electrons. The van der Waals surface area contributed by atoms with Crippen molar-refractivity contribution in [3.05, 3.63) is 66.9 Å². The number of likely N-dealkylation sites (tertiary alicyclic amines) is 2. The number of allylic oxidation sites excluding steroid dienone is 4. The molecule has 2 aliphatic carbocycles. The number of hydrogen-bond acceptors (Lipinski definition) is 8. The van der Waals surface area contributed by atoms with E-state index in [1.54, 1.807) is 0 Å². The Morgan fingerprint density at radius 3 is 2.00 bits per heavy atom. The lowest BCUT2D eigenvalue weighted by Gasteiger charge is -2.38. The Morgan fingerprint density at radius 1 is 0.919 bits per heavy atom. The maximum Gasteiger partial charge on any atom is 0.328 e. The highest BCUT2D eigenvalue weighted by atomic mass is 16.8. The van der Waals surface area contributed by atoms with Gasteiger partial charge in [0, 0.05) is 67.5 Å². The number of fused-ring (bicyclic) bond motifs is 1. The zero-order valence-corrected chi connectivity index (χ0v) is 20.5. The first-order chi connectivity index (χ1) is 17.9. The Kier molecular flexibility index (Phi) is 5.84. The van der Waals surface area contributed by atoms with Gasteiger partial charge in [0.15, 0.2) is 4.60 Å². The summed E-state index contributed by atoms with van der Waals surface area (Å²) in [4.78, 5) is 28.9. The van der Waals surface area contributed by atoms with Gasteiger partial charge in [0.1, 0.15) is 19.0 Å².